The molecular weight excluding hydrogens is 280 g/mol. The van der Waals surface area contributed by atoms with E-state index in [0.29, 0.717) is 18.2 Å². The largest absolute Gasteiger partial charge is 0.350 e. The van der Waals surface area contributed by atoms with Gasteiger partial charge in [-0.1, -0.05) is 23.7 Å². The summed E-state index contributed by atoms with van der Waals surface area (Å²) in [6, 6.07) is 7.19. The Morgan fingerprint density at radius 2 is 2.25 bits per heavy atom. The lowest BCUT2D eigenvalue weighted by Gasteiger charge is -2.33. The molecule has 1 fully saturated rings. The van der Waals surface area contributed by atoms with E-state index in [2.05, 4.69) is 10.5 Å². The molecular formula is C14H17ClN2O3. The molecule has 1 amide bonds. The van der Waals surface area contributed by atoms with Crippen LogP contribution < -0.4 is 5.43 Å². The van der Waals surface area contributed by atoms with Gasteiger partial charge in [0, 0.05) is 5.02 Å². The van der Waals surface area contributed by atoms with Gasteiger partial charge in [-0.2, -0.15) is 5.10 Å². The van der Waals surface area contributed by atoms with Gasteiger partial charge >= 0.3 is 0 Å². The third kappa shape index (κ3) is 4.59. The van der Waals surface area contributed by atoms with Crippen molar-refractivity contribution in [1.82, 2.24) is 5.43 Å². The van der Waals surface area contributed by atoms with Crippen LogP contribution in [0, 0.1) is 0 Å². The molecule has 0 aliphatic carbocycles. The number of nitrogens with zero attached hydrogens (tertiary/aromatic N) is 1. The summed E-state index contributed by atoms with van der Waals surface area (Å²) in [4.78, 5) is 11.8. The Bertz CT molecular complexity index is 499. The van der Waals surface area contributed by atoms with E-state index in [-0.39, 0.29) is 12.3 Å². The maximum atomic E-state index is 11.8. The average molecular weight is 297 g/mol. The van der Waals surface area contributed by atoms with Crippen LogP contribution in [-0.4, -0.2) is 31.1 Å². The lowest BCUT2D eigenvalue weighted by molar-refractivity contribution is -0.256. The summed E-state index contributed by atoms with van der Waals surface area (Å²) in [5, 5.41) is 4.51. The molecule has 1 N–H and O–H groups in total. The second-order valence-corrected chi connectivity index (χ2v) is 5.15. The van der Waals surface area contributed by atoms with Crippen LogP contribution in [0.25, 0.3) is 0 Å². The Balaban J connectivity index is 1.83. The number of halogens is 1. The van der Waals surface area contributed by atoms with Crippen LogP contribution in [-0.2, 0) is 14.3 Å². The fourth-order valence-electron chi connectivity index (χ4n) is 1.88. The second kappa shape index (κ2) is 6.83. The second-order valence-electron chi connectivity index (χ2n) is 4.71. The van der Waals surface area contributed by atoms with Crippen molar-refractivity contribution < 1.29 is 14.3 Å². The predicted octanol–water partition coefficient (Wildman–Crippen LogP) is 2.33. The van der Waals surface area contributed by atoms with Crippen molar-refractivity contribution in [3.05, 3.63) is 34.9 Å². The van der Waals surface area contributed by atoms with E-state index in [1.54, 1.807) is 19.1 Å². The van der Waals surface area contributed by atoms with Gasteiger partial charge in [0.05, 0.1) is 25.8 Å². The van der Waals surface area contributed by atoms with E-state index in [4.69, 9.17) is 21.1 Å². The fourth-order valence-corrected chi connectivity index (χ4v) is 2.07. The monoisotopic (exact) mass is 296 g/mol. The standard InChI is InChI=1S/C14H17ClN2O3/c1-14(19-6-3-7-20-14)9-13(18)17-16-10-11-4-2-5-12(15)8-11/h2,4-5,8,10H,3,6-7,9H2,1H3,(H,17,18)/b16-10-. The van der Waals surface area contributed by atoms with Gasteiger partial charge in [0.15, 0.2) is 5.79 Å². The molecule has 20 heavy (non-hydrogen) atoms. The minimum Gasteiger partial charge on any atom is -0.350 e. The fraction of sp³-hybridized carbons (Fsp3) is 0.429. The highest BCUT2D eigenvalue weighted by atomic mass is 35.5. The Labute approximate surface area is 122 Å². The van der Waals surface area contributed by atoms with Crippen LogP contribution in [0.4, 0.5) is 0 Å². The number of nitrogens with one attached hydrogen (secondary N) is 1. The summed E-state index contributed by atoms with van der Waals surface area (Å²) in [5.41, 5.74) is 3.26. The topological polar surface area (TPSA) is 59.9 Å². The number of amides is 1. The van der Waals surface area contributed by atoms with Crippen LogP contribution in [0.3, 0.4) is 0 Å². The molecule has 1 saturated heterocycles. The zero-order valence-corrected chi connectivity index (χ0v) is 12.0. The number of carbonyl (C=O) groups is 1. The lowest BCUT2D eigenvalue weighted by atomic mass is 10.2. The number of ether oxygens (including phenoxy) is 2. The first kappa shape index (κ1) is 15.0. The first-order valence-corrected chi connectivity index (χ1v) is 6.81. The minimum atomic E-state index is -0.853. The molecule has 0 radical (unpaired) electrons. The number of hydrazone groups is 1. The minimum absolute atomic E-state index is 0.111. The molecule has 2 rings (SSSR count). The van der Waals surface area contributed by atoms with Gasteiger partial charge < -0.3 is 9.47 Å². The summed E-state index contributed by atoms with van der Waals surface area (Å²) in [6.45, 7) is 2.97. The highest BCUT2D eigenvalue weighted by Gasteiger charge is 2.31. The van der Waals surface area contributed by atoms with E-state index in [1.165, 1.54) is 6.21 Å². The van der Waals surface area contributed by atoms with Crippen LogP contribution in [0.15, 0.2) is 29.4 Å². The summed E-state index contributed by atoms with van der Waals surface area (Å²) in [5.74, 6) is -1.11. The van der Waals surface area contributed by atoms with E-state index in [1.807, 2.05) is 12.1 Å². The number of carbonyl (C=O) groups excluding carboxylic acids is 1. The molecule has 6 heteroatoms. The van der Waals surface area contributed by atoms with Crippen molar-refractivity contribution in [3.63, 3.8) is 0 Å². The first-order chi connectivity index (χ1) is 9.57. The van der Waals surface area contributed by atoms with Gasteiger partial charge in [0.2, 0.25) is 5.91 Å². The third-order valence-corrected chi connectivity index (χ3v) is 3.07. The maximum Gasteiger partial charge on any atom is 0.245 e. The van der Waals surface area contributed by atoms with Gasteiger partial charge in [-0.25, -0.2) is 5.43 Å². The van der Waals surface area contributed by atoms with Gasteiger partial charge in [0.1, 0.15) is 0 Å². The SMILES string of the molecule is CC1(CC(=O)N/N=C\c2cccc(Cl)c2)OCCCO1. The molecule has 1 aliphatic rings. The Hall–Kier alpha value is -1.43. The van der Waals surface area contributed by atoms with Gasteiger partial charge in [0.25, 0.3) is 0 Å². The first-order valence-electron chi connectivity index (χ1n) is 6.43. The van der Waals surface area contributed by atoms with E-state index in [0.717, 1.165) is 12.0 Å². The molecule has 0 atom stereocenters. The molecule has 108 valence electrons. The molecule has 1 aromatic rings. The molecule has 5 nitrogen and oxygen atoms in total. The number of rotatable bonds is 4. The van der Waals surface area contributed by atoms with Crippen molar-refractivity contribution in [2.75, 3.05) is 13.2 Å². The van der Waals surface area contributed by atoms with E-state index < -0.39 is 5.79 Å². The van der Waals surface area contributed by atoms with Crippen LogP contribution in [0.5, 0.6) is 0 Å². The molecule has 1 heterocycles. The highest BCUT2D eigenvalue weighted by molar-refractivity contribution is 6.30. The lowest BCUT2D eigenvalue weighted by Crippen LogP contribution is -2.41. The zero-order valence-electron chi connectivity index (χ0n) is 11.3. The quantitative estimate of drug-likeness (QED) is 0.685. The average Bonchev–Trinajstić information content (AvgIpc) is 2.39. The summed E-state index contributed by atoms with van der Waals surface area (Å²) in [6.07, 6.45) is 2.50. The molecule has 0 spiro atoms. The van der Waals surface area contributed by atoms with Crippen molar-refractivity contribution >= 4 is 23.7 Å². The van der Waals surface area contributed by atoms with Crippen LogP contribution >= 0.6 is 11.6 Å². The van der Waals surface area contributed by atoms with Crippen LogP contribution in [0.1, 0.15) is 25.3 Å². The predicted molar refractivity (Wildman–Crippen MR) is 76.7 cm³/mol. The van der Waals surface area contributed by atoms with Gasteiger partial charge in [-0.15, -0.1) is 0 Å². The molecule has 1 aromatic carbocycles. The Morgan fingerprint density at radius 3 is 2.95 bits per heavy atom. The van der Waals surface area contributed by atoms with Crippen molar-refractivity contribution in [2.45, 2.75) is 25.6 Å². The normalized spacial score (nSPS) is 18.1. The highest BCUT2D eigenvalue weighted by Crippen LogP contribution is 2.21. The molecule has 0 aromatic heterocycles. The molecule has 0 unspecified atom stereocenters. The van der Waals surface area contributed by atoms with Crippen molar-refractivity contribution in [2.24, 2.45) is 5.10 Å². The number of benzene rings is 1. The van der Waals surface area contributed by atoms with Crippen molar-refractivity contribution in [3.8, 4) is 0 Å². The Kier molecular flexibility index (Phi) is 5.11. The third-order valence-electron chi connectivity index (χ3n) is 2.84. The van der Waals surface area contributed by atoms with Gasteiger partial charge in [-0.05, 0) is 31.0 Å². The van der Waals surface area contributed by atoms with Crippen molar-refractivity contribution in [1.29, 1.82) is 0 Å². The zero-order chi connectivity index (χ0) is 14.4. The molecule has 0 bridgehead atoms. The summed E-state index contributed by atoms with van der Waals surface area (Å²) < 4.78 is 10.9. The maximum absolute atomic E-state index is 11.8. The van der Waals surface area contributed by atoms with E-state index in [9.17, 15) is 4.79 Å². The number of hydrogen-bond acceptors (Lipinski definition) is 4. The van der Waals surface area contributed by atoms with Gasteiger partial charge in [-0.3, -0.25) is 4.79 Å². The number of hydrogen-bond donors (Lipinski definition) is 1. The molecule has 0 saturated carbocycles. The summed E-state index contributed by atoms with van der Waals surface area (Å²) >= 11 is 5.85. The summed E-state index contributed by atoms with van der Waals surface area (Å²) in [7, 11) is 0. The van der Waals surface area contributed by atoms with E-state index >= 15 is 0 Å². The van der Waals surface area contributed by atoms with Crippen LogP contribution in [0.2, 0.25) is 5.02 Å². The smallest absolute Gasteiger partial charge is 0.245 e. The Morgan fingerprint density at radius 1 is 1.50 bits per heavy atom. The molecule has 1 aliphatic heterocycles.